The van der Waals surface area contributed by atoms with Crippen LogP contribution in [0.5, 0.6) is 0 Å². The summed E-state index contributed by atoms with van der Waals surface area (Å²) in [6.45, 7) is 3.58. The van der Waals surface area contributed by atoms with E-state index in [0.717, 1.165) is 0 Å². The molecule has 0 aliphatic carbocycles. The average molecular weight is 612 g/mol. The summed E-state index contributed by atoms with van der Waals surface area (Å²) in [6, 6.07) is 1.54. The van der Waals surface area contributed by atoms with E-state index in [1.807, 2.05) is 0 Å². The highest BCUT2D eigenvalue weighted by Crippen LogP contribution is 2.21. The Kier molecular flexibility index (Phi) is 9.88. The van der Waals surface area contributed by atoms with Crippen LogP contribution in [0.4, 0.5) is 17.3 Å². The molecule has 0 saturated carbocycles. The molecule has 0 bridgehead atoms. The van der Waals surface area contributed by atoms with Crippen molar-refractivity contribution in [1.82, 2.24) is 34.8 Å². The minimum atomic E-state index is -0.752. The van der Waals surface area contributed by atoms with E-state index >= 15 is 0 Å². The first-order chi connectivity index (χ1) is 17.5. The van der Waals surface area contributed by atoms with Gasteiger partial charge < -0.3 is 26.3 Å². The number of amidine groups is 1. The van der Waals surface area contributed by atoms with Gasteiger partial charge in [-0.3, -0.25) is 39.7 Å². The molecule has 3 heterocycles. The number of hydrogen-bond donors (Lipinski definition) is 7. The number of anilines is 3. The lowest BCUT2D eigenvalue weighted by Crippen LogP contribution is -2.30. The fourth-order valence-electron chi connectivity index (χ4n) is 3.06. The normalized spacial score (nSPS) is 10.2. The van der Waals surface area contributed by atoms with Crippen molar-refractivity contribution in [3.63, 3.8) is 0 Å². The summed E-state index contributed by atoms with van der Waals surface area (Å²) >= 11 is 2.92. The number of nitrogens with one attached hydrogen (secondary N) is 6. The molecule has 0 spiro atoms. The Morgan fingerprint density at radius 3 is 2.45 bits per heavy atom. The molecule has 4 amide bonds. The summed E-state index contributed by atoms with van der Waals surface area (Å²) in [5.74, 6) is -2.93. The number of hydrogen-bond acceptors (Lipinski definition) is 8. The highest BCUT2D eigenvalue weighted by atomic mass is 79.9. The summed E-state index contributed by atoms with van der Waals surface area (Å²) in [5, 5.41) is 27.5. The second-order valence-corrected chi connectivity index (χ2v) is 8.48. The average Bonchev–Trinajstić information content (AvgIpc) is 3.52. The molecule has 16 nitrogen and oxygen atoms in total. The molecular weight excluding hydrogens is 588 g/mol. The van der Waals surface area contributed by atoms with Crippen molar-refractivity contribution in [3.05, 3.63) is 46.7 Å². The van der Waals surface area contributed by atoms with E-state index in [-0.39, 0.29) is 70.2 Å². The van der Waals surface area contributed by atoms with Crippen LogP contribution in [0, 0.1) is 5.41 Å². The van der Waals surface area contributed by atoms with Crippen LogP contribution in [-0.2, 0) is 18.9 Å². The van der Waals surface area contributed by atoms with E-state index in [1.54, 1.807) is 19.3 Å². The molecule has 0 fully saturated rings. The van der Waals surface area contributed by atoms with Crippen LogP contribution < -0.4 is 27.0 Å². The van der Waals surface area contributed by atoms with Crippen LogP contribution >= 0.6 is 28.3 Å². The third-order valence-electron chi connectivity index (χ3n) is 4.79. The Bertz CT molecular complexity index is 1410. The molecule has 3 aromatic rings. The minimum Gasteiger partial charge on any atom is -0.388 e. The molecule has 0 aliphatic rings. The van der Waals surface area contributed by atoms with Gasteiger partial charge in [0.15, 0.2) is 0 Å². The molecule has 3 aromatic heterocycles. The smallest absolute Gasteiger partial charge is 0.293 e. The highest BCUT2D eigenvalue weighted by Gasteiger charge is 2.24. The molecule has 0 saturated heterocycles. The first kappa shape index (κ1) is 29.7. The van der Waals surface area contributed by atoms with Crippen molar-refractivity contribution in [1.29, 1.82) is 5.41 Å². The standard InChI is InChI=1S/C20H23BrN12O4.ClH/c1-9(21)16(34)29-20-28-15(30-31-20)19(37)27-11-8-25-33(3)14(11)18(36)26-10-5-7-32(2)13(10)17(35)24-6-4-12(22)23;/h5,7-8H,1,4,6H2,2-3H3,(H3,22,23)(H,24,35)(H,26,36)(H,27,37)(H2,28,29,30,31,34);1H. The monoisotopic (exact) mass is 610 g/mol. The second kappa shape index (κ2) is 12.6. The largest absolute Gasteiger partial charge is 0.388 e. The van der Waals surface area contributed by atoms with Crippen LogP contribution in [0.25, 0.3) is 0 Å². The molecule has 202 valence electrons. The Balaban J connectivity index is 0.00000507. The van der Waals surface area contributed by atoms with Crippen molar-refractivity contribution >= 4 is 75.1 Å². The number of carbonyl (C=O) groups is 4. The summed E-state index contributed by atoms with van der Waals surface area (Å²) < 4.78 is 2.81. The number of aromatic amines is 1. The van der Waals surface area contributed by atoms with Gasteiger partial charge >= 0.3 is 0 Å². The van der Waals surface area contributed by atoms with Crippen molar-refractivity contribution in [2.45, 2.75) is 6.42 Å². The molecule has 0 radical (unpaired) electrons. The topological polar surface area (TPSA) is 231 Å². The number of carbonyl (C=O) groups excluding carboxylic acids is 4. The molecule has 8 N–H and O–H groups in total. The van der Waals surface area contributed by atoms with Crippen LogP contribution in [0.3, 0.4) is 0 Å². The molecule has 0 aromatic carbocycles. The minimum absolute atomic E-state index is 0. The van der Waals surface area contributed by atoms with Crippen molar-refractivity contribution in [3.8, 4) is 0 Å². The van der Waals surface area contributed by atoms with Gasteiger partial charge in [0, 0.05) is 33.3 Å². The van der Waals surface area contributed by atoms with Gasteiger partial charge in [-0.15, -0.1) is 17.5 Å². The fraction of sp³-hybridized carbons (Fsp3) is 0.200. The third kappa shape index (κ3) is 7.04. The Morgan fingerprint density at radius 2 is 1.79 bits per heavy atom. The number of aromatic nitrogens is 6. The van der Waals surface area contributed by atoms with Gasteiger partial charge in [-0.2, -0.15) is 10.1 Å². The maximum Gasteiger partial charge on any atom is 0.293 e. The van der Waals surface area contributed by atoms with E-state index in [2.05, 4.69) is 64.1 Å². The predicted molar refractivity (Wildman–Crippen MR) is 144 cm³/mol. The summed E-state index contributed by atoms with van der Waals surface area (Å²) in [4.78, 5) is 53.9. The number of nitrogens with two attached hydrogens (primary N) is 1. The zero-order valence-corrected chi connectivity index (χ0v) is 22.5. The maximum absolute atomic E-state index is 13.1. The number of H-pyrrole nitrogens is 1. The Hall–Kier alpha value is -4.51. The zero-order valence-electron chi connectivity index (χ0n) is 20.1. The van der Waals surface area contributed by atoms with Crippen LogP contribution in [0.1, 0.15) is 38.0 Å². The molecule has 38 heavy (non-hydrogen) atoms. The number of amides is 4. The molecule has 0 unspecified atom stereocenters. The van der Waals surface area contributed by atoms with Gasteiger partial charge in [0.25, 0.3) is 23.6 Å². The first-order valence-corrected chi connectivity index (χ1v) is 11.3. The summed E-state index contributed by atoms with van der Waals surface area (Å²) in [6.07, 6.45) is 3.04. The second-order valence-electron chi connectivity index (χ2n) is 7.53. The van der Waals surface area contributed by atoms with Gasteiger partial charge in [0.2, 0.25) is 11.8 Å². The van der Waals surface area contributed by atoms with Gasteiger partial charge in [0.1, 0.15) is 11.4 Å². The van der Waals surface area contributed by atoms with Gasteiger partial charge in [-0.25, -0.2) is 0 Å². The van der Waals surface area contributed by atoms with E-state index in [9.17, 15) is 19.2 Å². The first-order valence-electron chi connectivity index (χ1n) is 10.5. The van der Waals surface area contributed by atoms with Crippen LogP contribution in [0.2, 0.25) is 0 Å². The third-order valence-corrected chi connectivity index (χ3v) is 5.15. The van der Waals surface area contributed by atoms with E-state index in [1.165, 1.54) is 22.5 Å². The van der Waals surface area contributed by atoms with E-state index in [0.29, 0.717) is 0 Å². The molecule has 3 rings (SSSR count). The highest BCUT2D eigenvalue weighted by molar-refractivity contribution is 9.12. The van der Waals surface area contributed by atoms with Crippen LogP contribution in [-0.4, -0.2) is 65.5 Å². The molecule has 0 aliphatic heterocycles. The van der Waals surface area contributed by atoms with Crippen molar-refractivity contribution < 1.29 is 19.2 Å². The van der Waals surface area contributed by atoms with Gasteiger partial charge in [-0.05, 0) is 22.0 Å². The summed E-state index contributed by atoms with van der Waals surface area (Å²) in [7, 11) is 3.13. The SMILES string of the molecule is C=C(Br)C(=O)Nc1n[nH]c(C(=O)Nc2cnn(C)c2C(=O)Nc2ccn(C)c2C(=O)NCCC(=N)N)n1.Cl. The van der Waals surface area contributed by atoms with E-state index in [4.69, 9.17) is 11.1 Å². The predicted octanol–water partition coefficient (Wildman–Crippen LogP) is 0.706. The number of rotatable bonds is 10. The van der Waals surface area contributed by atoms with Crippen molar-refractivity contribution in [2.75, 3.05) is 22.5 Å². The molecule has 18 heteroatoms. The number of halogens is 2. The lowest BCUT2D eigenvalue weighted by Gasteiger charge is -2.11. The maximum atomic E-state index is 13.1. The zero-order chi connectivity index (χ0) is 27.3. The fourth-order valence-corrected chi connectivity index (χ4v) is 3.16. The number of nitrogens with zero attached hydrogens (tertiary/aromatic N) is 5. The Labute approximate surface area is 229 Å². The molecule has 0 atom stereocenters. The lowest BCUT2D eigenvalue weighted by molar-refractivity contribution is -0.112. The number of aryl methyl sites for hydroxylation is 2. The quantitative estimate of drug-likeness (QED) is 0.0977. The lowest BCUT2D eigenvalue weighted by atomic mass is 10.2. The molecular formula is C20H24BrClN12O4. The Morgan fingerprint density at radius 1 is 1.11 bits per heavy atom. The van der Waals surface area contributed by atoms with Crippen molar-refractivity contribution in [2.24, 2.45) is 19.8 Å². The summed E-state index contributed by atoms with van der Waals surface area (Å²) in [5.41, 5.74) is 5.75. The van der Waals surface area contributed by atoms with Gasteiger partial charge in [-0.1, -0.05) is 6.58 Å². The van der Waals surface area contributed by atoms with Crippen LogP contribution in [0.15, 0.2) is 29.5 Å². The van der Waals surface area contributed by atoms with E-state index < -0.39 is 23.6 Å². The van der Waals surface area contributed by atoms with Gasteiger partial charge in [0.05, 0.1) is 27.9 Å².